The van der Waals surface area contributed by atoms with Crippen molar-refractivity contribution in [2.24, 2.45) is 0 Å². The van der Waals surface area contributed by atoms with Crippen LogP contribution < -0.4 is 5.32 Å². The van der Waals surface area contributed by atoms with Gasteiger partial charge in [0.25, 0.3) is 0 Å². The minimum atomic E-state index is 0.0729. The van der Waals surface area contributed by atoms with E-state index in [1.165, 1.54) is 5.69 Å². The number of aryl methyl sites for hydroxylation is 2. The Kier molecular flexibility index (Phi) is 5.26. The van der Waals surface area contributed by atoms with E-state index in [2.05, 4.69) is 21.3 Å². The zero-order chi connectivity index (χ0) is 16.9. The fraction of sp³-hybridized carbons (Fsp3) is 0.400. The molecule has 4 heteroatoms. The lowest BCUT2D eigenvalue weighted by Crippen LogP contribution is -2.39. The molecule has 1 aromatic heterocycles. The normalized spacial score (nSPS) is 16.1. The lowest BCUT2D eigenvalue weighted by molar-refractivity contribution is -0.117. The third kappa shape index (κ3) is 4.01. The lowest BCUT2D eigenvalue weighted by atomic mass is 9.93. The molecular weight excluding hydrogens is 298 g/mol. The van der Waals surface area contributed by atoms with E-state index in [9.17, 15) is 4.79 Å². The van der Waals surface area contributed by atoms with Crippen LogP contribution in [-0.4, -0.2) is 35.4 Å². The zero-order valence-corrected chi connectivity index (χ0v) is 14.5. The van der Waals surface area contributed by atoms with E-state index in [-0.39, 0.29) is 5.91 Å². The zero-order valence-electron chi connectivity index (χ0n) is 14.5. The molecule has 3 rings (SSSR count). The molecule has 1 aliphatic heterocycles. The van der Waals surface area contributed by atoms with Crippen LogP contribution in [0.15, 0.2) is 42.6 Å². The van der Waals surface area contributed by atoms with E-state index < -0.39 is 0 Å². The van der Waals surface area contributed by atoms with Gasteiger partial charge in [0.2, 0.25) is 5.91 Å². The van der Waals surface area contributed by atoms with Gasteiger partial charge in [-0.25, -0.2) is 0 Å². The number of nitrogens with one attached hydrogen (secondary N) is 1. The first-order valence-corrected chi connectivity index (χ1v) is 8.63. The van der Waals surface area contributed by atoms with Crippen LogP contribution in [0.25, 0.3) is 0 Å². The number of hydrogen-bond donors (Lipinski definition) is 1. The quantitative estimate of drug-likeness (QED) is 0.936. The Morgan fingerprint density at radius 3 is 2.46 bits per heavy atom. The van der Waals surface area contributed by atoms with Gasteiger partial charge in [-0.3, -0.25) is 14.7 Å². The summed E-state index contributed by atoms with van der Waals surface area (Å²) in [6, 6.07) is 12.2. The Morgan fingerprint density at radius 1 is 1.12 bits per heavy atom. The summed E-state index contributed by atoms with van der Waals surface area (Å²) in [6.45, 7) is 6.41. The minimum Gasteiger partial charge on any atom is -0.324 e. The van der Waals surface area contributed by atoms with Crippen molar-refractivity contribution in [3.8, 4) is 0 Å². The molecule has 4 nitrogen and oxygen atoms in total. The van der Waals surface area contributed by atoms with Crippen molar-refractivity contribution in [1.82, 2.24) is 9.88 Å². The molecule has 1 fully saturated rings. The number of piperidine rings is 1. The molecule has 1 saturated heterocycles. The van der Waals surface area contributed by atoms with Gasteiger partial charge in [0.15, 0.2) is 0 Å². The summed E-state index contributed by atoms with van der Waals surface area (Å²) >= 11 is 0. The van der Waals surface area contributed by atoms with Gasteiger partial charge >= 0.3 is 0 Å². The number of likely N-dealkylation sites (tertiary alicyclic amines) is 1. The van der Waals surface area contributed by atoms with Crippen molar-refractivity contribution in [1.29, 1.82) is 0 Å². The Balaban J connectivity index is 1.52. The molecule has 126 valence electrons. The molecule has 1 aromatic carbocycles. The standard InChI is InChI=1S/C20H25N3O/c1-15-6-5-7-16(2)20(15)22-19(24)14-23-12-9-17(10-13-23)18-8-3-4-11-21-18/h3-8,11,17H,9-10,12-14H2,1-2H3,(H,22,24). The van der Waals surface area contributed by atoms with Crippen molar-refractivity contribution in [2.75, 3.05) is 25.0 Å². The molecule has 2 heterocycles. The molecule has 0 unspecified atom stereocenters. The summed E-state index contributed by atoms with van der Waals surface area (Å²) < 4.78 is 0. The highest BCUT2D eigenvalue weighted by atomic mass is 16.2. The first kappa shape index (κ1) is 16.7. The number of pyridine rings is 1. The van der Waals surface area contributed by atoms with E-state index in [1.54, 1.807) is 0 Å². The average Bonchev–Trinajstić information content (AvgIpc) is 2.60. The first-order chi connectivity index (χ1) is 11.6. The fourth-order valence-electron chi connectivity index (χ4n) is 3.40. The van der Waals surface area contributed by atoms with Crippen molar-refractivity contribution in [3.63, 3.8) is 0 Å². The number of aromatic nitrogens is 1. The molecule has 1 amide bonds. The number of benzene rings is 1. The summed E-state index contributed by atoms with van der Waals surface area (Å²) in [5.74, 6) is 0.591. The highest BCUT2D eigenvalue weighted by Crippen LogP contribution is 2.26. The summed E-state index contributed by atoms with van der Waals surface area (Å²) in [4.78, 5) is 19.1. The van der Waals surface area contributed by atoms with E-state index in [1.807, 2.05) is 50.4 Å². The Hall–Kier alpha value is -2.20. The SMILES string of the molecule is Cc1cccc(C)c1NC(=O)CN1CCC(c2ccccn2)CC1. The molecule has 1 N–H and O–H groups in total. The van der Waals surface area contributed by atoms with Gasteiger partial charge in [-0.05, 0) is 63.0 Å². The predicted molar refractivity (Wildman–Crippen MR) is 97.2 cm³/mol. The Bertz CT molecular complexity index is 671. The average molecular weight is 323 g/mol. The van der Waals surface area contributed by atoms with Gasteiger partial charge in [-0.1, -0.05) is 24.3 Å². The molecule has 0 bridgehead atoms. The van der Waals surface area contributed by atoms with Gasteiger partial charge in [-0.2, -0.15) is 0 Å². The van der Waals surface area contributed by atoms with Crippen LogP contribution in [0, 0.1) is 13.8 Å². The van der Waals surface area contributed by atoms with E-state index >= 15 is 0 Å². The summed E-state index contributed by atoms with van der Waals surface area (Å²) in [7, 11) is 0. The number of rotatable bonds is 4. The second-order valence-corrected chi connectivity index (χ2v) is 6.62. The molecule has 24 heavy (non-hydrogen) atoms. The van der Waals surface area contributed by atoms with Gasteiger partial charge in [0, 0.05) is 23.5 Å². The second kappa shape index (κ2) is 7.58. The monoisotopic (exact) mass is 323 g/mol. The highest BCUT2D eigenvalue weighted by molar-refractivity contribution is 5.93. The summed E-state index contributed by atoms with van der Waals surface area (Å²) in [5, 5.41) is 3.08. The van der Waals surface area contributed by atoms with E-state index in [0.29, 0.717) is 12.5 Å². The van der Waals surface area contributed by atoms with Crippen LogP contribution >= 0.6 is 0 Å². The number of carbonyl (C=O) groups excluding carboxylic acids is 1. The van der Waals surface area contributed by atoms with Gasteiger partial charge in [0.05, 0.1) is 6.54 Å². The summed E-state index contributed by atoms with van der Waals surface area (Å²) in [6.07, 6.45) is 3.99. The minimum absolute atomic E-state index is 0.0729. The Morgan fingerprint density at radius 2 is 1.83 bits per heavy atom. The van der Waals surface area contributed by atoms with Crippen LogP contribution in [0.3, 0.4) is 0 Å². The van der Waals surface area contributed by atoms with Crippen LogP contribution in [0.2, 0.25) is 0 Å². The fourth-order valence-corrected chi connectivity index (χ4v) is 3.40. The number of anilines is 1. The molecule has 0 atom stereocenters. The maximum Gasteiger partial charge on any atom is 0.238 e. The van der Waals surface area contributed by atoms with Gasteiger partial charge in [0.1, 0.15) is 0 Å². The third-order valence-electron chi connectivity index (χ3n) is 4.81. The number of para-hydroxylation sites is 1. The molecule has 0 radical (unpaired) electrons. The number of hydrogen-bond acceptors (Lipinski definition) is 3. The van der Waals surface area contributed by atoms with Crippen LogP contribution in [0.4, 0.5) is 5.69 Å². The van der Waals surface area contributed by atoms with Crippen LogP contribution in [-0.2, 0) is 4.79 Å². The predicted octanol–water partition coefficient (Wildman–Crippen LogP) is 3.52. The smallest absolute Gasteiger partial charge is 0.238 e. The van der Waals surface area contributed by atoms with E-state index in [4.69, 9.17) is 0 Å². The van der Waals surface area contributed by atoms with Gasteiger partial charge < -0.3 is 5.32 Å². The lowest BCUT2D eigenvalue weighted by Gasteiger charge is -2.31. The molecule has 0 aliphatic carbocycles. The van der Waals surface area contributed by atoms with Crippen LogP contribution in [0.5, 0.6) is 0 Å². The van der Waals surface area contributed by atoms with Crippen LogP contribution in [0.1, 0.15) is 35.6 Å². The topological polar surface area (TPSA) is 45.2 Å². The highest BCUT2D eigenvalue weighted by Gasteiger charge is 2.22. The molecule has 1 aliphatic rings. The largest absolute Gasteiger partial charge is 0.324 e. The molecule has 0 saturated carbocycles. The molecular formula is C20H25N3O. The maximum absolute atomic E-state index is 12.4. The second-order valence-electron chi connectivity index (χ2n) is 6.62. The number of amides is 1. The van der Waals surface area contributed by atoms with Crippen molar-refractivity contribution in [3.05, 3.63) is 59.4 Å². The number of carbonyl (C=O) groups is 1. The maximum atomic E-state index is 12.4. The molecule has 0 spiro atoms. The third-order valence-corrected chi connectivity index (χ3v) is 4.81. The summed E-state index contributed by atoms with van der Waals surface area (Å²) in [5.41, 5.74) is 4.34. The van der Waals surface area contributed by atoms with Crippen molar-refractivity contribution >= 4 is 11.6 Å². The van der Waals surface area contributed by atoms with Crippen molar-refractivity contribution in [2.45, 2.75) is 32.6 Å². The number of nitrogens with zero attached hydrogens (tertiary/aromatic N) is 2. The molecule has 2 aromatic rings. The first-order valence-electron chi connectivity index (χ1n) is 8.63. The van der Waals surface area contributed by atoms with Crippen molar-refractivity contribution < 1.29 is 4.79 Å². The van der Waals surface area contributed by atoms with E-state index in [0.717, 1.165) is 42.7 Å². The Labute approximate surface area is 143 Å². The van der Waals surface area contributed by atoms with Gasteiger partial charge in [-0.15, -0.1) is 0 Å².